The highest BCUT2D eigenvalue weighted by Gasteiger charge is 2.24. The van der Waals surface area contributed by atoms with E-state index in [4.69, 9.17) is 9.47 Å². The third kappa shape index (κ3) is 3.58. The van der Waals surface area contributed by atoms with Crippen LogP contribution in [0, 0.1) is 5.82 Å². The van der Waals surface area contributed by atoms with Crippen LogP contribution in [0.4, 0.5) is 4.39 Å². The van der Waals surface area contributed by atoms with Gasteiger partial charge in [-0.2, -0.15) is 11.3 Å². The zero-order valence-corrected chi connectivity index (χ0v) is 14.8. The van der Waals surface area contributed by atoms with E-state index in [9.17, 15) is 9.18 Å². The summed E-state index contributed by atoms with van der Waals surface area (Å²) in [5.74, 6) is -0.156. The van der Waals surface area contributed by atoms with Gasteiger partial charge in [0.15, 0.2) is 5.88 Å². The zero-order chi connectivity index (χ0) is 17.8. The lowest BCUT2D eigenvalue weighted by molar-refractivity contribution is 0.0588. The van der Waals surface area contributed by atoms with Crippen molar-refractivity contribution in [1.29, 1.82) is 0 Å². The molecule has 25 heavy (non-hydrogen) atoms. The molecule has 3 rings (SSSR count). The maximum atomic E-state index is 13.2. The number of hydrogen-bond acceptors (Lipinski definition) is 4. The molecule has 0 aliphatic rings. The van der Waals surface area contributed by atoms with Gasteiger partial charge in [-0.1, -0.05) is 12.1 Å². The summed E-state index contributed by atoms with van der Waals surface area (Å²) < 4.78 is 25.7. The number of carbonyl (C=O) groups is 1. The Kier molecular flexibility index (Phi) is 5.19. The summed E-state index contributed by atoms with van der Waals surface area (Å²) in [7, 11) is 1.36. The van der Waals surface area contributed by atoms with Crippen LogP contribution in [0.5, 0.6) is 5.88 Å². The first-order chi connectivity index (χ1) is 12.1. The first-order valence-corrected chi connectivity index (χ1v) is 8.80. The van der Waals surface area contributed by atoms with Gasteiger partial charge in [-0.05, 0) is 47.0 Å². The predicted molar refractivity (Wildman–Crippen MR) is 95.8 cm³/mol. The maximum Gasteiger partial charge on any atom is 0.355 e. The van der Waals surface area contributed by atoms with Crippen molar-refractivity contribution in [2.24, 2.45) is 0 Å². The van der Waals surface area contributed by atoms with E-state index in [0.717, 1.165) is 16.7 Å². The van der Waals surface area contributed by atoms with Crippen LogP contribution >= 0.6 is 11.3 Å². The Morgan fingerprint density at radius 3 is 2.60 bits per heavy atom. The second kappa shape index (κ2) is 7.53. The van der Waals surface area contributed by atoms with Crippen molar-refractivity contribution in [3.63, 3.8) is 0 Å². The molecule has 0 bridgehead atoms. The van der Waals surface area contributed by atoms with Crippen LogP contribution in [0.15, 0.2) is 47.2 Å². The Balaban J connectivity index is 2.12. The Hall–Kier alpha value is -2.60. The summed E-state index contributed by atoms with van der Waals surface area (Å²) in [6.45, 7) is 2.73. The predicted octanol–water partition coefficient (Wildman–Crippen LogP) is 4.59. The number of esters is 1. The Morgan fingerprint density at radius 2 is 2.00 bits per heavy atom. The topological polar surface area (TPSA) is 40.5 Å². The van der Waals surface area contributed by atoms with E-state index in [0.29, 0.717) is 24.7 Å². The summed E-state index contributed by atoms with van der Waals surface area (Å²) in [5, 5.41) is 3.92. The van der Waals surface area contributed by atoms with E-state index in [1.54, 1.807) is 28.0 Å². The van der Waals surface area contributed by atoms with Gasteiger partial charge in [-0.25, -0.2) is 9.18 Å². The van der Waals surface area contributed by atoms with Crippen molar-refractivity contribution >= 4 is 17.3 Å². The number of nitrogens with zero attached hydrogens (tertiary/aromatic N) is 1. The summed E-state index contributed by atoms with van der Waals surface area (Å²) in [4.78, 5) is 12.5. The summed E-state index contributed by atoms with van der Waals surface area (Å²) in [5.41, 5.74) is 2.98. The molecule has 2 heterocycles. The van der Waals surface area contributed by atoms with Gasteiger partial charge in [-0.15, -0.1) is 0 Å². The molecule has 0 radical (unpaired) electrons. The third-order valence-corrected chi connectivity index (χ3v) is 4.50. The van der Waals surface area contributed by atoms with Crippen LogP contribution in [0.3, 0.4) is 0 Å². The Bertz CT molecular complexity index is 854. The van der Waals surface area contributed by atoms with Gasteiger partial charge in [0.25, 0.3) is 0 Å². The highest BCUT2D eigenvalue weighted by molar-refractivity contribution is 7.08. The van der Waals surface area contributed by atoms with Crippen molar-refractivity contribution in [3.05, 3.63) is 64.2 Å². The molecule has 6 heteroatoms. The van der Waals surface area contributed by atoms with Crippen molar-refractivity contribution in [3.8, 4) is 17.0 Å². The fourth-order valence-corrected chi connectivity index (χ4v) is 3.33. The number of hydrogen-bond donors (Lipinski definition) is 0. The monoisotopic (exact) mass is 359 g/mol. The van der Waals surface area contributed by atoms with Gasteiger partial charge in [0, 0.05) is 11.6 Å². The van der Waals surface area contributed by atoms with Crippen LogP contribution in [0.1, 0.15) is 23.0 Å². The van der Waals surface area contributed by atoms with E-state index in [-0.39, 0.29) is 5.82 Å². The number of benzene rings is 1. The first kappa shape index (κ1) is 17.2. The van der Waals surface area contributed by atoms with Crippen LogP contribution in [0.2, 0.25) is 0 Å². The molecule has 0 fully saturated rings. The number of ether oxygens (including phenoxy) is 2. The van der Waals surface area contributed by atoms with Gasteiger partial charge < -0.3 is 14.0 Å². The van der Waals surface area contributed by atoms with Gasteiger partial charge in [0.2, 0.25) is 0 Å². The molecule has 130 valence electrons. The fourth-order valence-electron chi connectivity index (χ4n) is 2.68. The molecule has 0 amide bonds. The van der Waals surface area contributed by atoms with Gasteiger partial charge in [-0.3, -0.25) is 0 Å². The Morgan fingerprint density at radius 1 is 1.24 bits per heavy atom. The first-order valence-electron chi connectivity index (χ1n) is 7.85. The molecular weight excluding hydrogens is 341 g/mol. The third-order valence-electron chi connectivity index (χ3n) is 3.82. The van der Waals surface area contributed by atoms with Crippen LogP contribution < -0.4 is 4.74 Å². The molecule has 0 unspecified atom stereocenters. The second-order valence-electron chi connectivity index (χ2n) is 5.39. The molecule has 0 spiro atoms. The lowest BCUT2D eigenvalue weighted by Gasteiger charge is -2.13. The minimum absolute atomic E-state index is 0.298. The normalized spacial score (nSPS) is 10.7. The maximum absolute atomic E-state index is 13.2. The number of rotatable bonds is 6. The molecule has 0 aliphatic carbocycles. The highest BCUT2D eigenvalue weighted by atomic mass is 32.1. The molecular formula is C19H18FNO3S. The quantitative estimate of drug-likeness (QED) is 0.605. The van der Waals surface area contributed by atoms with E-state index in [1.807, 2.05) is 29.8 Å². The van der Waals surface area contributed by atoms with Crippen LogP contribution in [-0.4, -0.2) is 24.3 Å². The molecule has 0 N–H and O–H groups in total. The van der Waals surface area contributed by atoms with Crippen molar-refractivity contribution in [2.75, 3.05) is 13.7 Å². The molecule has 1 aromatic carbocycles. The van der Waals surface area contributed by atoms with Gasteiger partial charge in [0.1, 0.15) is 11.5 Å². The van der Waals surface area contributed by atoms with Crippen LogP contribution in [-0.2, 0) is 11.3 Å². The molecule has 0 atom stereocenters. The fraction of sp³-hybridized carbons (Fsp3) is 0.211. The lowest BCUT2D eigenvalue weighted by Crippen LogP contribution is -2.14. The molecule has 0 saturated carbocycles. The SMILES string of the molecule is CCOc1cc(-c2ccsc2)c(C(=O)OC)n1Cc1ccc(F)cc1. The molecule has 4 nitrogen and oxygen atoms in total. The van der Waals surface area contributed by atoms with E-state index >= 15 is 0 Å². The minimum atomic E-state index is -0.436. The minimum Gasteiger partial charge on any atom is -0.479 e. The lowest BCUT2D eigenvalue weighted by atomic mass is 10.1. The Labute approximate surface area is 149 Å². The number of carbonyl (C=O) groups excluding carboxylic acids is 1. The standard InChI is InChI=1S/C19H18FNO3S/c1-3-24-17-10-16(14-8-9-25-12-14)18(19(22)23-2)21(17)11-13-4-6-15(20)7-5-13/h4-10,12H,3,11H2,1-2H3. The molecule has 2 aromatic heterocycles. The average molecular weight is 359 g/mol. The summed E-state index contributed by atoms with van der Waals surface area (Å²) in [6, 6.07) is 9.98. The molecule has 0 saturated heterocycles. The summed E-state index contributed by atoms with van der Waals surface area (Å²) in [6.07, 6.45) is 0. The van der Waals surface area contributed by atoms with Gasteiger partial charge >= 0.3 is 5.97 Å². The van der Waals surface area contributed by atoms with Crippen molar-refractivity contribution < 1.29 is 18.7 Å². The largest absolute Gasteiger partial charge is 0.479 e. The second-order valence-corrected chi connectivity index (χ2v) is 6.17. The smallest absolute Gasteiger partial charge is 0.355 e. The molecule has 0 aliphatic heterocycles. The van der Waals surface area contributed by atoms with E-state index in [2.05, 4.69) is 0 Å². The van der Waals surface area contributed by atoms with E-state index < -0.39 is 5.97 Å². The number of aromatic nitrogens is 1. The number of halogens is 1. The van der Waals surface area contributed by atoms with Crippen LogP contribution in [0.25, 0.3) is 11.1 Å². The molecule has 3 aromatic rings. The average Bonchev–Trinajstić information content (AvgIpc) is 3.25. The van der Waals surface area contributed by atoms with E-state index in [1.165, 1.54) is 19.2 Å². The van der Waals surface area contributed by atoms with Crippen molar-refractivity contribution in [2.45, 2.75) is 13.5 Å². The van der Waals surface area contributed by atoms with Gasteiger partial charge in [0.05, 0.1) is 20.3 Å². The summed E-state index contributed by atoms with van der Waals surface area (Å²) >= 11 is 1.55. The zero-order valence-electron chi connectivity index (χ0n) is 14.0. The highest BCUT2D eigenvalue weighted by Crippen LogP contribution is 2.34. The number of methoxy groups -OCH3 is 1. The number of thiophene rings is 1. The van der Waals surface area contributed by atoms with Crippen molar-refractivity contribution in [1.82, 2.24) is 4.57 Å².